The van der Waals surface area contributed by atoms with Crippen LogP contribution in [-0.2, 0) is 0 Å². The molecule has 0 spiro atoms. The molecule has 1 N–H and O–H groups in total. The highest BCUT2D eigenvalue weighted by Gasteiger charge is 2.01. The lowest BCUT2D eigenvalue weighted by Gasteiger charge is -1.97. The fourth-order valence-electron chi connectivity index (χ4n) is 1.56. The van der Waals surface area contributed by atoms with Crippen LogP contribution in [0.5, 0.6) is 0 Å². The molecule has 3 heterocycles. The summed E-state index contributed by atoms with van der Waals surface area (Å²) < 4.78 is 0. The van der Waals surface area contributed by atoms with Crippen molar-refractivity contribution in [2.45, 2.75) is 0 Å². The zero-order chi connectivity index (χ0) is 12.4. The van der Waals surface area contributed by atoms with Crippen molar-refractivity contribution in [1.29, 1.82) is 0 Å². The minimum atomic E-state index is -0.161. The highest BCUT2D eigenvalue weighted by Crippen LogP contribution is 2.10. The summed E-state index contributed by atoms with van der Waals surface area (Å²) in [5.41, 5.74) is 2.18. The summed E-state index contributed by atoms with van der Waals surface area (Å²) in [6, 6.07) is 1.65. The second kappa shape index (κ2) is 4.50. The van der Waals surface area contributed by atoms with Gasteiger partial charge in [0.05, 0.1) is 22.6 Å². The topological polar surface area (TPSA) is 71.5 Å². The van der Waals surface area contributed by atoms with E-state index in [1.807, 2.05) is 6.08 Å². The second-order valence-corrected chi connectivity index (χ2v) is 4.50. The Morgan fingerprint density at radius 3 is 3.00 bits per heavy atom. The predicted octanol–water partition coefficient (Wildman–Crippen LogP) is 1.94. The molecule has 88 valence electrons. The first-order valence-electron chi connectivity index (χ1n) is 5.23. The summed E-state index contributed by atoms with van der Waals surface area (Å²) in [6.07, 6.45) is 8.52. The number of aromatic amines is 1. The normalized spacial score (nSPS) is 11.3. The van der Waals surface area contributed by atoms with Gasteiger partial charge in [0.2, 0.25) is 0 Å². The Kier molecular flexibility index (Phi) is 2.70. The number of nitrogens with zero attached hydrogens (tertiary/aromatic N) is 3. The fourth-order valence-corrected chi connectivity index (χ4v) is 2.07. The molecular formula is C12H8N4OS. The van der Waals surface area contributed by atoms with E-state index in [-0.39, 0.29) is 5.56 Å². The maximum absolute atomic E-state index is 11.8. The third-order valence-corrected chi connectivity index (χ3v) is 3.12. The van der Waals surface area contributed by atoms with Gasteiger partial charge in [-0.05, 0) is 18.2 Å². The molecule has 0 saturated carbocycles. The van der Waals surface area contributed by atoms with E-state index in [0.717, 1.165) is 4.88 Å². The fraction of sp³-hybridized carbons (Fsp3) is 0. The molecule has 0 aromatic carbocycles. The number of hydrogen-bond donors (Lipinski definition) is 1. The van der Waals surface area contributed by atoms with E-state index < -0.39 is 0 Å². The first-order chi connectivity index (χ1) is 8.83. The van der Waals surface area contributed by atoms with Crippen LogP contribution in [0, 0.1) is 0 Å². The van der Waals surface area contributed by atoms with Gasteiger partial charge in [0, 0.05) is 17.3 Å². The highest BCUT2D eigenvalue weighted by atomic mass is 32.1. The van der Waals surface area contributed by atoms with Crippen molar-refractivity contribution in [3.05, 3.63) is 51.2 Å². The van der Waals surface area contributed by atoms with Crippen molar-refractivity contribution in [2.75, 3.05) is 0 Å². The van der Waals surface area contributed by atoms with Gasteiger partial charge in [0.25, 0.3) is 5.56 Å². The number of aromatic nitrogens is 4. The van der Waals surface area contributed by atoms with E-state index in [0.29, 0.717) is 16.7 Å². The lowest BCUT2D eigenvalue weighted by atomic mass is 10.3. The predicted molar refractivity (Wildman–Crippen MR) is 71.2 cm³/mol. The Hall–Kier alpha value is -2.34. The van der Waals surface area contributed by atoms with Gasteiger partial charge in [0.15, 0.2) is 0 Å². The van der Waals surface area contributed by atoms with Gasteiger partial charge in [-0.25, -0.2) is 4.98 Å². The van der Waals surface area contributed by atoms with Crippen molar-refractivity contribution in [3.63, 3.8) is 0 Å². The summed E-state index contributed by atoms with van der Waals surface area (Å²) >= 11 is 1.52. The monoisotopic (exact) mass is 256 g/mol. The Morgan fingerprint density at radius 1 is 1.22 bits per heavy atom. The van der Waals surface area contributed by atoms with E-state index in [2.05, 4.69) is 19.9 Å². The van der Waals surface area contributed by atoms with Crippen LogP contribution in [0.15, 0.2) is 35.0 Å². The molecule has 0 aliphatic rings. The molecule has 3 aromatic rings. The largest absolute Gasteiger partial charge is 0.306 e. The molecule has 5 nitrogen and oxygen atoms in total. The van der Waals surface area contributed by atoms with Crippen molar-refractivity contribution >= 4 is 34.4 Å². The summed E-state index contributed by atoms with van der Waals surface area (Å²) in [5, 5.41) is 0.542. The van der Waals surface area contributed by atoms with Crippen LogP contribution in [0.25, 0.3) is 23.1 Å². The average Bonchev–Trinajstić information content (AvgIpc) is 2.90. The lowest BCUT2D eigenvalue weighted by Crippen LogP contribution is -2.09. The van der Waals surface area contributed by atoms with Crippen LogP contribution < -0.4 is 5.56 Å². The average molecular weight is 256 g/mol. The van der Waals surface area contributed by atoms with E-state index in [9.17, 15) is 4.79 Å². The van der Waals surface area contributed by atoms with Gasteiger partial charge in [-0.3, -0.25) is 14.8 Å². The van der Waals surface area contributed by atoms with Crippen LogP contribution in [0.1, 0.15) is 10.7 Å². The molecule has 0 atom stereocenters. The van der Waals surface area contributed by atoms with Crippen LogP contribution in [-0.4, -0.2) is 19.9 Å². The van der Waals surface area contributed by atoms with Gasteiger partial charge in [-0.15, -0.1) is 11.3 Å². The number of thiazole rings is 1. The van der Waals surface area contributed by atoms with Crippen molar-refractivity contribution in [3.8, 4) is 0 Å². The Labute approximate surface area is 106 Å². The van der Waals surface area contributed by atoms with Gasteiger partial charge >= 0.3 is 0 Å². The lowest BCUT2D eigenvalue weighted by molar-refractivity contribution is 1.13. The molecule has 18 heavy (non-hydrogen) atoms. The van der Waals surface area contributed by atoms with Crippen molar-refractivity contribution < 1.29 is 0 Å². The molecule has 0 amide bonds. The highest BCUT2D eigenvalue weighted by molar-refractivity contribution is 7.10. The van der Waals surface area contributed by atoms with Crippen LogP contribution in [0.4, 0.5) is 0 Å². The minimum Gasteiger partial charge on any atom is -0.306 e. The van der Waals surface area contributed by atoms with E-state index in [4.69, 9.17) is 0 Å². The van der Waals surface area contributed by atoms with Gasteiger partial charge in [-0.1, -0.05) is 0 Å². The molecular weight excluding hydrogens is 248 g/mol. The van der Waals surface area contributed by atoms with Crippen molar-refractivity contribution in [1.82, 2.24) is 19.9 Å². The summed E-state index contributed by atoms with van der Waals surface area (Å²) in [6.45, 7) is 0. The first-order valence-corrected chi connectivity index (χ1v) is 6.11. The van der Waals surface area contributed by atoms with Gasteiger partial charge in [0.1, 0.15) is 5.82 Å². The van der Waals surface area contributed by atoms with Crippen molar-refractivity contribution in [2.24, 2.45) is 0 Å². The maximum Gasteiger partial charge on any atom is 0.259 e. The molecule has 0 aliphatic heterocycles. The summed E-state index contributed by atoms with van der Waals surface area (Å²) in [4.78, 5) is 27.8. The maximum atomic E-state index is 11.8. The zero-order valence-corrected chi connectivity index (χ0v) is 10.0. The molecule has 0 aliphatic carbocycles. The molecule has 0 unspecified atom stereocenters. The molecule has 0 radical (unpaired) electrons. The third-order valence-electron chi connectivity index (χ3n) is 2.38. The molecule has 0 fully saturated rings. The van der Waals surface area contributed by atoms with E-state index in [1.54, 1.807) is 36.2 Å². The molecule has 0 bridgehead atoms. The SMILES string of the molecule is O=c1[nH]c(C=Cc2cncs2)nc2cnccc12. The number of fused-ring (bicyclic) bond motifs is 1. The van der Waals surface area contributed by atoms with Crippen LogP contribution >= 0.6 is 11.3 Å². The third kappa shape index (κ3) is 2.05. The smallest absolute Gasteiger partial charge is 0.259 e. The summed E-state index contributed by atoms with van der Waals surface area (Å²) in [7, 11) is 0. The first kappa shape index (κ1) is 10.8. The Bertz CT molecular complexity index is 761. The number of nitrogens with one attached hydrogen (secondary N) is 1. The molecule has 6 heteroatoms. The van der Waals surface area contributed by atoms with Gasteiger partial charge in [-0.2, -0.15) is 0 Å². The van der Waals surface area contributed by atoms with E-state index in [1.165, 1.54) is 11.3 Å². The standard InChI is InChI=1S/C12H8N4OS/c17-12-9-3-4-13-6-10(9)15-11(16-12)2-1-8-5-14-7-18-8/h1-7H,(H,15,16,17). The number of pyridine rings is 1. The Balaban J connectivity index is 2.06. The van der Waals surface area contributed by atoms with Crippen LogP contribution in [0.3, 0.4) is 0 Å². The quantitative estimate of drug-likeness (QED) is 0.760. The van der Waals surface area contributed by atoms with E-state index >= 15 is 0 Å². The molecule has 3 aromatic heterocycles. The number of rotatable bonds is 2. The minimum absolute atomic E-state index is 0.161. The summed E-state index contributed by atoms with van der Waals surface area (Å²) in [5.74, 6) is 0.508. The molecule has 3 rings (SSSR count). The Morgan fingerprint density at radius 2 is 2.17 bits per heavy atom. The second-order valence-electron chi connectivity index (χ2n) is 3.58. The zero-order valence-electron chi connectivity index (χ0n) is 9.20. The van der Waals surface area contributed by atoms with Crippen LogP contribution in [0.2, 0.25) is 0 Å². The molecule has 0 saturated heterocycles. The number of hydrogen-bond acceptors (Lipinski definition) is 5. The van der Waals surface area contributed by atoms with Gasteiger partial charge < -0.3 is 4.98 Å². The number of H-pyrrole nitrogens is 1.